The smallest absolute Gasteiger partial charge is 0.362 e. The minimum Gasteiger partial charge on any atom is -0.509 e. The Morgan fingerprint density at radius 1 is 1.48 bits per heavy atom. The highest BCUT2D eigenvalue weighted by Gasteiger charge is 2.55. The minimum absolute atomic E-state index is 0.0422. The van der Waals surface area contributed by atoms with Gasteiger partial charge in [0.1, 0.15) is 30.1 Å². The third-order valence-corrected chi connectivity index (χ3v) is 6.69. The molecule has 2 aliphatic rings. The Kier molecular flexibility index (Phi) is 5.54. The third-order valence-electron chi connectivity index (χ3n) is 5.07. The summed E-state index contributed by atoms with van der Waals surface area (Å²) in [6.45, 7) is 3.25. The first-order valence-electron chi connectivity index (χ1n) is 9.32. The number of thiazole rings is 1. The van der Waals surface area contributed by atoms with E-state index in [2.05, 4.69) is 32.1 Å². The Labute approximate surface area is 190 Å². The molecule has 0 bridgehead atoms. The molecule has 0 spiro atoms. The summed E-state index contributed by atoms with van der Waals surface area (Å²) in [5.41, 5.74) is 4.21. The Bertz CT molecular complexity index is 1240. The number of hydrogen-bond donors (Lipinski definition) is 4. The van der Waals surface area contributed by atoms with Gasteiger partial charge in [0.2, 0.25) is 0 Å². The number of anilines is 1. The van der Waals surface area contributed by atoms with Gasteiger partial charge in [0.05, 0.1) is 12.6 Å². The number of carbonyl (C=O) groups is 2. The standard InChI is InChI=1S/C16H18N8O7S2/c1-8(25)16(2-3-16)31-22-11(9-5-32-15(17)20-9)13(26)21-12-10(4-23-7-18-6-19-23)24(14(12)27)33(28,29)30/h5-7,10,12,25H,1-4H2,(H2,17,20)(H,21,26)(H,28,29,30)/b22-11-/t10-,12?/m1/s1. The molecule has 17 heteroatoms. The van der Waals surface area contributed by atoms with Crippen LogP contribution < -0.4 is 11.1 Å². The summed E-state index contributed by atoms with van der Waals surface area (Å²) in [5.74, 6) is -2.23. The van der Waals surface area contributed by atoms with Crippen molar-refractivity contribution in [3.05, 3.63) is 36.1 Å². The first-order valence-corrected chi connectivity index (χ1v) is 11.6. The van der Waals surface area contributed by atoms with E-state index in [1.54, 1.807) is 0 Å². The zero-order valence-electron chi connectivity index (χ0n) is 16.7. The van der Waals surface area contributed by atoms with E-state index in [-0.39, 0.29) is 33.1 Å². The van der Waals surface area contributed by atoms with Crippen LogP contribution in [0.15, 0.2) is 35.5 Å². The molecule has 2 amide bonds. The van der Waals surface area contributed by atoms with E-state index in [4.69, 9.17) is 10.6 Å². The molecular weight excluding hydrogens is 480 g/mol. The molecule has 2 aromatic heterocycles. The summed E-state index contributed by atoms with van der Waals surface area (Å²) < 4.78 is 34.2. The van der Waals surface area contributed by atoms with E-state index in [0.717, 1.165) is 11.3 Å². The fourth-order valence-corrected chi connectivity index (χ4v) is 4.57. The van der Waals surface area contributed by atoms with Crippen LogP contribution in [-0.4, -0.2) is 77.3 Å². The van der Waals surface area contributed by atoms with Crippen molar-refractivity contribution in [1.29, 1.82) is 0 Å². The summed E-state index contributed by atoms with van der Waals surface area (Å²) in [6.07, 6.45) is 3.34. The second-order valence-corrected chi connectivity index (χ2v) is 9.47. The van der Waals surface area contributed by atoms with E-state index < -0.39 is 39.8 Å². The predicted molar refractivity (Wildman–Crippen MR) is 112 cm³/mol. The van der Waals surface area contributed by atoms with E-state index >= 15 is 0 Å². The molecule has 4 rings (SSSR count). The third kappa shape index (κ3) is 4.37. The number of nitrogen functional groups attached to an aromatic ring is 1. The maximum atomic E-state index is 13.0. The molecule has 1 aliphatic heterocycles. The number of carbonyl (C=O) groups excluding carboxylic acids is 2. The van der Waals surface area contributed by atoms with Crippen LogP contribution in [-0.2, 0) is 31.3 Å². The van der Waals surface area contributed by atoms with Gasteiger partial charge >= 0.3 is 10.3 Å². The number of nitrogens with two attached hydrogens (primary N) is 1. The maximum Gasteiger partial charge on any atom is 0.362 e. The number of amides is 2. The minimum atomic E-state index is -4.88. The molecular formula is C16H18N8O7S2. The van der Waals surface area contributed by atoms with Crippen LogP contribution in [0.5, 0.6) is 0 Å². The fourth-order valence-electron chi connectivity index (χ4n) is 3.15. The predicted octanol–water partition coefficient (Wildman–Crippen LogP) is -1.16. The number of β-lactam (4-membered cyclic amide) rings is 1. The first kappa shape index (κ1) is 22.6. The molecule has 1 unspecified atom stereocenters. The second kappa shape index (κ2) is 8.09. The Hall–Kier alpha value is -3.57. The number of aromatic nitrogens is 4. The summed E-state index contributed by atoms with van der Waals surface area (Å²) in [4.78, 5) is 38.5. The second-order valence-electron chi connectivity index (χ2n) is 7.29. The van der Waals surface area contributed by atoms with Crippen LogP contribution in [0.1, 0.15) is 18.5 Å². The van der Waals surface area contributed by atoms with Crippen LogP contribution in [0.2, 0.25) is 0 Å². The van der Waals surface area contributed by atoms with Crippen LogP contribution in [0.4, 0.5) is 5.13 Å². The molecule has 2 aromatic rings. The lowest BCUT2D eigenvalue weighted by molar-refractivity contribution is -0.145. The zero-order chi connectivity index (χ0) is 24.0. The highest BCUT2D eigenvalue weighted by Crippen LogP contribution is 2.44. The number of aliphatic hydroxyl groups excluding tert-OH is 1. The molecule has 0 aromatic carbocycles. The van der Waals surface area contributed by atoms with Gasteiger partial charge < -0.3 is 21.0 Å². The highest BCUT2D eigenvalue weighted by molar-refractivity contribution is 7.84. The van der Waals surface area contributed by atoms with Crippen LogP contribution in [0.25, 0.3) is 0 Å². The van der Waals surface area contributed by atoms with Crippen molar-refractivity contribution in [2.45, 2.75) is 37.1 Å². The molecule has 1 saturated carbocycles. The lowest BCUT2D eigenvalue weighted by Crippen LogP contribution is -2.73. The number of oxime groups is 1. The average Bonchev–Trinajstić information content (AvgIpc) is 3.12. The number of hydrogen-bond acceptors (Lipinski definition) is 12. The molecule has 5 N–H and O–H groups in total. The van der Waals surface area contributed by atoms with Gasteiger partial charge in [-0.15, -0.1) is 11.3 Å². The van der Waals surface area contributed by atoms with Gasteiger partial charge in [0.15, 0.2) is 16.4 Å². The van der Waals surface area contributed by atoms with Crippen molar-refractivity contribution < 1.29 is 32.5 Å². The SMILES string of the molecule is C=C(O)C1(O/N=C(\C(=O)NC2C(=O)N(S(=O)(=O)O)[C@@H]2Cn2cncn2)c2csc(N)n2)CC1. The van der Waals surface area contributed by atoms with Crippen LogP contribution >= 0.6 is 11.3 Å². The van der Waals surface area contributed by atoms with Gasteiger partial charge in [-0.25, -0.2) is 14.3 Å². The van der Waals surface area contributed by atoms with Gasteiger partial charge in [-0.1, -0.05) is 11.7 Å². The summed E-state index contributed by atoms with van der Waals surface area (Å²) in [5, 5.41) is 21.3. The molecule has 2 fully saturated rings. The first-order chi connectivity index (χ1) is 15.5. The zero-order valence-corrected chi connectivity index (χ0v) is 18.4. The van der Waals surface area contributed by atoms with Crippen molar-refractivity contribution in [3.63, 3.8) is 0 Å². The molecule has 0 radical (unpaired) electrons. The van der Waals surface area contributed by atoms with Gasteiger partial charge in [-0.3, -0.25) is 18.8 Å². The van der Waals surface area contributed by atoms with Crippen LogP contribution in [0, 0.1) is 0 Å². The average molecular weight is 499 g/mol. The summed E-state index contributed by atoms with van der Waals surface area (Å²) in [6, 6.07) is -2.53. The summed E-state index contributed by atoms with van der Waals surface area (Å²) in [7, 11) is -4.88. The fraction of sp³-hybridized carbons (Fsp3) is 0.375. The number of rotatable bonds is 9. The molecule has 176 valence electrons. The van der Waals surface area contributed by atoms with E-state index in [1.807, 2.05) is 0 Å². The molecule has 15 nitrogen and oxygen atoms in total. The van der Waals surface area contributed by atoms with Gasteiger partial charge in [-0.05, 0) is 0 Å². The Morgan fingerprint density at radius 2 is 2.21 bits per heavy atom. The molecule has 3 heterocycles. The van der Waals surface area contributed by atoms with Crippen molar-refractivity contribution in [2.24, 2.45) is 5.16 Å². The molecule has 33 heavy (non-hydrogen) atoms. The number of nitrogens with one attached hydrogen (secondary N) is 1. The van der Waals surface area contributed by atoms with E-state index in [1.165, 1.54) is 22.7 Å². The number of nitrogens with zero attached hydrogens (tertiary/aromatic N) is 6. The highest BCUT2D eigenvalue weighted by atomic mass is 32.2. The largest absolute Gasteiger partial charge is 0.509 e. The normalized spacial score (nSPS) is 21.9. The van der Waals surface area contributed by atoms with Crippen molar-refractivity contribution in [1.82, 2.24) is 29.4 Å². The van der Waals surface area contributed by atoms with Crippen molar-refractivity contribution in [3.8, 4) is 0 Å². The summed E-state index contributed by atoms with van der Waals surface area (Å²) >= 11 is 1.03. The number of aliphatic hydroxyl groups is 1. The molecule has 2 atom stereocenters. The maximum absolute atomic E-state index is 13.0. The Balaban J connectivity index is 1.58. The topological polar surface area (TPSA) is 215 Å². The quantitative estimate of drug-likeness (QED) is 0.106. The molecule has 1 saturated heterocycles. The van der Waals surface area contributed by atoms with Crippen molar-refractivity contribution in [2.75, 3.05) is 5.73 Å². The Morgan fingerprint density at radius 3 is 2.73 bits per heavy atom. The van der Waals surface area contributed by atoms with E-state index in [9.17, 15) is 27.7 Å². The lowest BCUT2D eigenvalue weighted by Gasteiger charge is -2.43. The van der Waals surface area contributed by atoms with Gasteiger partial charge in [0.25, 0.3) is 11.8 Å². The van der Waals surface area contributed by atoms with Gasteiger partial charge in [0, 0.05) is 18.2 Å². The van der Waals surface area contributed by atoms with Gasteiger partial charge in [-0.2, -0.15) is 13.5 Å². The van der Waals surface area contributed by atoms with Crippen LogP contribution in [0.3, 0.4) is 0 Å². The monoisotopic (exact) mass is 498 g/mol. The van der Waals surface area contributed by atoms with E-state index in [0.29, 0.717) is 12.8 Å². The molecule has 1 aliphatic carbocycles. The van der Waals surface area contributed by atoms with Crippen molar-refractivity contribution >= 4 is 44.3 Å². The lowest BCUT2D eigenvalue weighted by atomic mass is 9.98.